The summed E-state index contributed by atoms with van der Waals surface area (Å²) in [5.41, 5.74) is 2.47. The Morgan fingerprint density at radius 3 is 2.65 bits per heavy atom. The fraction of sp³-hybridized carbons (Fsp3) is 0.647. The quantitative estimate of drug-likeness (QED) is 0.851. The Kier molecular flexibility index (Phi) is 5.74. The van der Waals surface area contributed by atoms with Gasteiger partial charge in [-0.15, -0.1) is 0 Å². The number of anilines is 1. The lowest BCUT2D eigenvalue weighted by Crippen LogP contribution is -2.33. The molecule has 1 aliphatic rings. The van der Waals surface area contributed by atoms with Crippen molar-refractivity contribution in [2.24, 2.45) is 5.92 Å². The summed E-state index contributed by atoms with van der Waals surface area (Å²) >= 11 is 6.51. The highest BCUT2D eigenvalue weighted by atomic mass is 35.5. The summed E-state index contributed by atoms with van der Waals surface area (Å²) in [6.45, 7) is 10.0. The third kappa shape index (κ3) is 3.89. The zero-order chi connectivity index (χ0) is 14.5. The third-order valence-corrected chi connectivity index (χ3v) is 4.60. The molecule has 0 radical (unpaired) electrons. The Hall–Kier alpha value is -0.730. The van der Waals surface area contributed by atoms with Crippen molar-refractivity contribution in [3.63, 3.8) is 0 Å². The van der Waals surface area contributed by atoms with Crippen molar-refractivity contribution in [2.45, 2.75) is 46.1 Å². The summed E-state index contributed by atoms with van der Waals surface area (Å²) in [4.78, 5) is 2.43. The minimum absolute atomic E-state index is 0.364. The van der Waals surface area contributed by atoms with Gasteiger partial charge in [-0.1, -0.05) is 31.5 Å². The molecule has 0 aliphatic carbocycles. The molecule has 1 saturated heterocycles. The molecule has 112 valence electrons. The smallest absolute Gasteiger partial charge is 0.0642 e. The van der Waals surface area contributed by atoms with Crippen LogP contribution in [0.4, 0.5) is 5.69 Å². The van der Waals surface area contributed by atoms with Gasteiger partial charge in [-0.25, -0.2) is 0 Å². The number of benzene rings is 1. The number of hydrogen-bond donors (Lipinski definition) is 1. The number of piperidine rings is 1. The molecule has 0 aromatic heterocycles. The van der Waals surface area contributed by atoms with Crippen molar-refractivity contribution >= 4 is 17.3 Å². The molecule has 20 heavy (non-hydrogen) atoms. The highest BCUT2D eigenvalue weighted by Gasteiger charge is 2.18. The van der Waals surface area contributed by atoms with Gasteiger partial charge in [0.2, 0.25) is 0 Å². The zero-order valence-corrected chi connectivity index (χ0v) is 13.7. The predicted octanol–water partition coefficient (Wildman–Crippen LogP) is 4.64. The van der Waals surface area contributed by atoms with Gasteiger partial charge in [0.15, 0.2) is 0 Å². The average molecular weight is 295 g/mol. The summed E-state index contributed by atoms with van der Waals surface area (Å²) in [6, 6.07) is 6.90. The van der Waals surface area contributed by atoms with Gasteiger partial charge in [0.05, 0.1) is 10.7 Å². The molecule has 1 unspecified atom stereocenters. The monoisotopic (exact) mass is 294 g/mol. The molecule has 2 rings (SSSR count). The number of halogens is 1. The maximum atomic E-state index is 6.51. The average Bonchev–Trinajstić information content (AvgIpc) is 2.46. The van der Waals surface area contributed by atoms with E-state index in [0.717, 1.165) is 37.0 Å². The van der Waals surface area contributed by atoms with Gasteiger partial charge in [0.1, 0.15) is 0 Å². The van der Waals surface area contributed by atoms with Crippen LogP contribution in [0.15, 0.2) is 18.2 Å². The second kappa shape index (κ2) is 7.33. The normalized spacial score (nSPS) is 18.3. The van der Waals surface area contributed by atoms with Crippen LogP contribution in [0, 0.1) is 5.92 Å². The number of hydrogen-bond acceptors (Lipinski definition) is 2. The molecular weight excluding hydrogens is 268 g/mol. The van der Waals surface area contributed by atoms with Crippen molar-refractivity contribution in [3.05, 3.63) is 28.8 Å². The van der Waals surface area contributed by atoms with Crippen LogP contribution < -0.4 is 10.2 Å². The van der Waals surface area contributed by atoms with Gasteiger partial charge in [-0.2, -0.15) is 0 Å². The lowest BCUT2D eigenvalue weighted by atomic mass is 9.98. The van der Waals surface area contributed by atoms with Gasteiger partial charge >= 0.3 is 0 Å². The van der Waals surface area contributed by atoms with E-state index in [1.165, 1.54) is 24.1 Å². The summed E-state index contributed by atoms with van der Waals surface area (Å²) in [7, 11) is 0. The summed E-state index contributed by atoms with van der Waals surface area (Å²) in [6.07, 6.45) is 3.70. The molecule has 1 N–H and O–H groups in total. The van der Waals surface area contributed by atoms with E-state index in [0.29, 0.717) is 6.04 Å². The third-order valence-electron chi connectivity index (χ3n) is 4.30. The highest BCUT2D eigenvalue weighted by Crippen LogP contribution is 2.31. The van der Waals surface area contributed by atoms with Crippen LogP contribution in [-0.2, 0) is 0 Å². The van der Waals surface area contributed by atoms with Crippen LogP contribution in [0.1, 0.15) is 51.6 Å². The number of rotatable bonds is 5. The van der Waals surface area contributed by atoms with E-state index >= 15 is 0 Å². The zero-order valence-electron chi connectivity index (χ0n) is 13.0. The molecule has 0 bridgehead atoms. The Morgan fingerprint density at radius 2 is 2.05 bits per heavy atom. The van der Waals surface area contributed by atoms with Crippen molar-refractivity contribution < 1.29 is 0 Å². The van der Waals surface area contributed by atoms with E-state index in [9.17, 15) is 0 Å². The van der Waals surface area contributed by atoms with E-state index in [-0.39, 0.29) is 0 Å². The molecule has 1 atom stereocenters. The summed E-state index contributed by atoms with van der Waals surface area (Å²) in [5, 5.41) is 4.40. The Balaban J connectivity index is 2.05. The Bertz CT molecular complexity index is 425. The first-order valence-corrected chi connectivity index (χ1v) is 8.27. The maximum Gasteiger partial charge on any atom is 0.0642 e. The molecule has 2 nitrogen and oxygen atoms in total. The van der Waals surface area contributed by atoms with Crippen molar-refractivity contribution in [1.29, 1.82) is 0 Å². The Morgan fingerprint density at radius 1 is 1.35 bits per heavy atom. The van der Waals surface area contributed by atoms with Gasteiger partial charge in [-0.3, -0.25) is 0 Å². The number of nitrogens with one attached hydrogen (secondary N) is 1. The van der Waals surface area contributed by atoms with E-state index in [4.69, 9.17) is 11.6 Å². The second-order valence-corrected chi connectivity index (χ2v) is 6.46. The molecule has 1 aliphatic heterocycles. The van der Waals surface area contributed by atoms with Gasteiger partial charge < -0.3 is 10.2 Å². The predicted molar refractivity (Wildman–Crippen MR) is 88.8 cm³/mol. The summed E-state index contributed by atoms with van der Waals surface area (Å²) < 4.78 is 0. The lowest BCUT2D eigenvalue weighted by molar-refractivity contribution is 0.438. The highest BCUT2D eigenvalue weighted by molar-refractivity contribution is 6.33. The molecule has 0 spiro atoms. The van der Waals surface area contributed by atoms with Crippen LogP contribution in [0.3, 0.4) is 0 Å². The molecule has 0 amide bonds. The first kappa shape index (κ1) is 15.7. The van der Waals surface area contributed by atoms with Gasteiger partial charge in [0.25, 0.3) is 0 Å². The van der Waals surface area contributed by atoms with Crippen molar-refractivity contribution in [3.8, 4) is 0 Å². The summed E-state index contributed by atoms with van der Waals surface area (Å²) in [5.74, 6) is 0.850. The SMILES string of the molecule is CCCNC(C)c1ccc(N2CCC(C)CC2)c(Cl)c1. The van der Waals surface area contributed by atoms with E-state index in [2.05, 4.69) is 49.2 Å². The molecule has 0 saturated carbocycles. The van der Waals surface area contributed by atoms with E-state index in [1.54, 1.807) is 0 Å². The lowest BCUT2D eigenvalue weighted by Gasteiger charge is -2.33. The standard InChI is InChI=1S/C17H27ClN2/c1-4-9-19-14(3)15-5-6-17(16(18)12-15)20-10-7-13(2)8-11-20/h5-6,12-14,19H,4,7-11H2,1-3H3. The van der Waals surface area contributed by atoms with E-state index in [1.807, 2.05) is 0 Å². The van der Waals surface area contributed by atoms with Crippen LogP contribution in [0.2, 0.25) is 5.02 Å². The topological polar surface area (TPSA) is 15.3 Å². The molecule has 3 heteroatoms. The maximum absolute atomic E-state index is 6.51. The minimum atomic E-state index is 0.364. The van der Waals surface area contributed by atoms with Crippen LogP contribution >= 0.6 is 11.6 Å². The van der Waals surface area contributed by atoms with Crippen LogP contribution in [0.5, 0.6) is 0 Å². The molecule has 1 aromatic carbocycles. The first-order chi connectivity index (χ1) is 9.61. The largest absolute Gasteiger partial charge is 0.370 e. The van der Waals surface area contributed by atoms with Crippen molar-refractivity contribution in [2.75, 3.05) is 24.5 Å². The minimum Gasteiger partial charge on any atom is -0.370 e. The first-order valence-electron chi connectivity index (χ1n) is 7.89. The van der Waals surface area contributed by atoms with Gasteiger partial charge in [0, 0.05) is 19.1 Å². The van der Waals surface area contributed by atoms with E-state index < -0.39 is 0 Å². The van der Waals surface area contributed by atoms with Crippen LogP contribution in [0.25, 0.3) is 0 Å². The fourth-order valence-corrected chi connectivity index (χ4v) is 3.09. The molecule has 1 aromatic rings. The molecular formula is C17H27ClN2. The second-order valence-electron chi connectivity index (χ2n) is 6.06. The Labute approximate surface area is 128 Å². The molecule has 1 heterocycles. The fourth-order valence-electron chi connectivity index (χ4n) is 2.78. The van der Waals surface area contributed by atoms with Crippen molar-refractivity contribution in [1.82, 2.24) is 5.32 Å². The van der Waals surface area contributed by atoms with Crippen LogP contribution in [-0.4, -0.2) is 19.6 Å². The molecule has 1 fully saturated rings. The number of nitrogens with zero attached hydrogens (tertiary/aromatic N) is 1. The van der Waals surface area contributed by atoms with Gasteiger partial charge in [-0.05, 0) is 56.3 Å².